The second-order valence-electron chi connectivity index (χ2n) is 5.19. The molecule has 2 rings (SSSR count). The highest BCUT2D eigenvalue weighted by Crippen LogP contribution is 2.15. The van der Waals surface area contributed by atoms with Crippen LogP contribution in [-0.4, -0.2) is 25.5 Å². The molecule has 22 heavy (non-hydrogen) atoms. The van der Waals surface area contributed by atoms with Gasteiger partial charge < -0.3 is 9.64 Å². The van der Waals surface area contributed by atoms with Crippen molar-refractivity contribution in [1.82, 2.24) is 0 Å². The van der Waals surface area contributed by atoms with E-state index in [1.807, 2.05) is 56.1 Å². The van der Waals surface area contributed by atoms with E-state index in [9.17, 15) is 4.79 Å². The highest BCUT2D eigenvalue weighted by molar-refractivity contribution is 5.90. The van der Waals surface area contributed by atoms with Crippen molar-refractivity contribution in [1.29, 1.82) is 0 Å². The average Bonchev–Trinajstić information content (AvgIpc) is 2.53. The molecule has 0 N–H and O–H groups in total. The molecule has 0 saturated carbocycles. The second-order valence-corrected chi connectivity index (χ2v) is 5.19. The Labute approximate surface area is 131 Å². The Hall–Kier alpha value is -2.62. The largest absolute Gasteiger partial charge is 0.459 e. The van der Waals surface area contributed by atoms with Gasteiger partial charge in [0.25, 0.3) is 0 Å². The number of para-hydroxylation sites is 1. The molecule has 0 aliphatic rings. The number of ether oxygens (including phenoxy) is 1. The van der Waals surface area contributed by atoms with Crippen LogP contribution in [0.15, 0.2) is 59.6 Å². The average molecular weight is 296 g/mol. The minimum atomic E-state index is -0.313. The highest BCUT2D eigenvalue weighted by atomic mass is 16.5. The topological polar surface area (TPSA) is 41.9 Å². The van der Waals surface area contributed by atoms with E-state index in [0.29, 0.717) is 5.56 Å². The molecule has 0 bridgehead atoms. The summed E-state index contributed by atoms with van der Waals surface area (Å²) in [5.74, 6) is -0.313. The van der Waals surface area contributed by atoms with Gasteiger partial charge in [-0.15, -0.1) is 0 Å². The molecule has 0 radical (unpaired) electrons. The van der Waals surface area contributed by atoms with E-state index in [1.165, 1.54) is 0 Å². The van der Waals surface area contributed by atoms with Crippen LogP contribution in [0, 0.1) is 0 Å². The van der Waals surface area contributed by atoms with Crippen molar-refractivity contribution in [3.8, 4) is 0 Å². The molecule has 0 aromatic heterocycles. The Morgan fingerprint density at radius 2 is 1.73 bits per heavy atom. The summed E-state index contributed by atoms with van der Waals surface area (Å²) in [6, 6.07) is 17.0. The molecule has 4 nitrogen and oxygen atoms in total. The Balaban J connectivity index is 2.02. The summed E-state index contributed by atoms with van der Waals surface area (Å²) in [7, 11) is 1.94. The third-order valence-corrected chi connectivity index (χ3v) is 2.99. The predicted octanol–water partition coefficient (Wildman–Crippen LogP) is 4.05. The lowest BCUT2D eigenvalue weighted by Crippen LogP contribution is -2.13. The van der Waals surface area contributed by atoms with Crippen molar-refractivity contribution < 1.29 is 9.53 Å². The minimum Gasteiger partial charge on any atom is -0.459 e. The first-order valence-electron chi connectivity index (χ1n) is 7.19. The molecule has 0 unspecified atom stereocenters. The Morgan fingerprint density at radius 3 is 2.32 bits per heavy atom. The number of aliphatic imine (C=N–C) groups is 1. The molecular weight excluding hydrogens is 276 g/mol. The van der Waals surface area contributed by atoms with Gasteiger partial charge in [0.2, 0.25) is 0 Å². The monoisotopic (exact) mass is 296 g/mol. The molecule has 0 heterocycles. The van der Waals surface area contributed by atoms with Crippen LogP contribution in [0.5, 0.6) is 0 Å². The van der Waals surface area contributed by atoms with Gasteiger partial charge in [0, 0.05) is 12.7 Å². The fourth-order valence-electron chi connectivity index (χ4n) is 1.85. The molecule has 2 aromatic carbocycles. The van der Waals surface area contributed by atoms with Gasteiger partial charge in [-0.2, -0.15) is 0 Å². The first kappa shape index (κ1) is 15.8. The summed E-state index contributed by atoms with van der Waals surface area (Å²) in [4.78, 5) is 18.1. The molecule has 0 spiro atoms. The van der Waals surface area contributed by atoms with Gasteiger partial charge in [-0.25, -0.2) is 9.79 Å². The smallest absolute Gasteiger partial charge is 0.338 e. The molecule has 0 fully saturated rings. The fraction of sp³-hybridized carbons (Fsp3) is 0.222. The van der Waals surface area contributed by atoms with Crippen LogP contribution in [0.1, 0.15) is 24.2 Å². The number of esters is 1. The Kier molecular flexibility index (Phi) is 5.31. The third-order valence-electron chi connectivity index (χ3n) is 2.99. The van der Waals surface area contributed by atoms with Crippen molar-refractivity contribution >= 4 is 23.7 Å². The van der Waals surface area contributed by atoms with E-state index in [-0.39, 0.29) is 12.1 Å². The van der Waals surface area contributed by atoms with Crippen LogP contribution >= 0.6 is 0 Å². The highest BCUT2D eigenvalue weighted by Gasteiger charge is 2.08. The van der Waals surface area contributed by atoms with Gasteiger partial charge in [0.15, 0.2) is 0 Å². The molecule has 0 atom stereocenters. The van der Waals surface area contributed by atoms with E-state index in [4.69, 9.17) is 4.74 Å². The standard InChI is InChI=1S/C18H20N2O2/c1-14(2)22-18(21)15-9-11-16(12-10-15)19-13-20(3)17-7-5-4-6-8-17/h4-14H,1-3H3/b19-13-. The Bertz CT molecular complexity index is 634. The summed E-state index contributed by atoms with van der Waals surface area (Å²) < 4.78 is 5.15. The fourth-order valence-corrected chi connectivity index (χ4v) is 1.85. The summed E-state index contributed by atoms with van der Waals surface area (Å²) in [6.07, 6.45) is 1.63. The molecule has 0 saturated heterocycles. The van der Waals surface area contributed by atoms with E-state index in [2.05, 4.69) is 4.99 Å². The van der Waals surface area contributed by atoms with Crippen molar-refractivity contribution in [3.05, 3.63) is 60.2 Å². The van der Waals surface area contributed by atoms with Gasteiger partial charge in [0.1, 0.15) is 0 Å². The summed E-state index contributed by atoms with van der Waals surface area (Å²) in [6.45, 7) is 3.66. The normalized spacial score (nSPS) is 10.9. The van der Waals surface area contributed by atoms with Crippen LogP contribution in [0.4, 0.5) is 11.4 Å². The number of benzene rings is 2. The minimum absolute atomic E-state index is 0.121. The van der Waals surface area contributed by atoms with E-state index in [1.54, 1.807) is 30.6 Å². The number of hydrogen-bond donors (Lipinski definition) is 0. The van der Waals surface area contributed by atoms with Crippen molar-refractivity contribution in [3.63, 3.8) is 0 Å². The number of carbonyl (C=O) groups is 1. The second kappa shape index (κ2) is 7.41. The zero-order valence-electron chi connectivity index (χ0n) is 13.1. The summed E-state index contributed by atoms with van der Waals surface area (Å²) in [5, 5.41) is 0. The van der Waals surface area contributed by atoms with Crippen LogP contribution < -0.4 is 4.90 Å². The van der Waals surface area contributed by atoms with Crippen LogP contribution in [0.25, 0.3) is 0 Å². The SMILES string of the molecule is CC(C)OC(=O)c1ccc(/N=C\N(C)c2ccccc2)cc1. The number of hydrogen-bond acceptors (Lipinski definition) is 3. The lowest BCUT2D eigenvalue weighted by atomic mass is 10.2. The lowest BCUT2D eigenvalue weighted by molar-refractivity contribution is 0.0378. The van der Waals surface area contributed by atoms with Gasteiger partial charge in [-0.1, -0.05) is 18.2 Å². The van der Waals surface area contributed by atoms with Crippen molar-refractivity contribution in [2.45, 2.75) is 20.0 Å². The number of nitrogens with zero attached hydrogens (tertiary/aromatic N) is 2. The molecule has 4 heteroatoms. The molecular formula is C18H20N2O2. The van der Waals surface area contributed by atoms with Crippen molar-refractivity contribution in [2.75, 3.05) is 11.9 Å². The molecule has 2 aromatic rings. The van der Waals surface area contributed by atoms with Gasteiger partial charge in [0.05, 0.1) is 23.7 Å². The Morgan fingerprint density at radius 1 is 1.09 bits per heavy atom. The molecule has 0 aliphatic heterocycles. The lowest BCUT2D eigenvalue weighted by Gasteiger charge is -2.12. The predicted molar refractivity (Wildman–Crippen MR) is 90.0 cm³/mol. The zero-order chi connectivity index (χ0) is 15.9. The first-order chi connectivity index (χ1) is 10.6. The van der Waals surface area contributed by atoms with Crippen LogP contribution in [0.3, 0.4) is 0 Å². The summed E-state index contributed by atoms with van der Waals surface area (Å²) in [5.41, 5.74) is 2.37. The van der Waals surface area contributed by atoms with Gasteiger partial charge in [-0.05, 0) is 50.2 Å². The number of anilines is 1. The maximum absolute atomic E-state index is 11.7. The number of carbonyl (C=O) groups excluding carboxylic acids is 1. The summed E-state index contributed by atoms with van der Waals surface area (Å²) >= 11 is 0. The molecule has 0 aliphatic carbocycles. The zero-order valence-corrected chi connectivity index (χ0v) is 13.1. The maximum atomic E-state index is 11.7. The van der Waals surface area contributed by atoms with Crippen LogP contribution in [-0.2, 0) is 4.74 Å². The number of rotatable bonds is 5. The van der Waals surface area contributed by atoms with Gasteiger partial charge >= 0.3 is 5.97 Å². The third kappa shape index (κ3) is 4.45. The maximum Gasteiger partial charge on any atom is 0.338 e. The van der Waals surface area contributed by atoms with E-state index in [0.717, 1.165) is 11.4 Å². The van der Waals surface area contributed by atoms with Crippen molar-refractivity contribution in [2.24, 2.45) is 4.99 Å². The molecule has 0 amide bonds. The quantitative estimate of drug-likeness (QED) is 0.475. The van der Waals surface area contributed by atoms with E-state index < -0.39 is 0 Å². The van der Waals surface area contributed by atoms with E-state index >= 15 is 0 Å². The van der Waals surface area contributed by atoms with Crippen LogP contribution in [0.2, 0.25) is 0 Å². The molecule has 114 valence electrons. The van der Waals surface area contributed by atoms with Gasteiger partial charge in [-0.3, -0.25) is 0 Å². The first-order valence-corrected chi connectivity index (χ1v) is 7.19.